The van der Waals surface area contributed by atoms with Crippen LogP contribution in [0.2, 0.25) is 0 Å². The molecule has 0 heterocycles. The summed E-state index contributed by atoms with van der Waals surface area (Å²) in [7, 11) is -3.01. The average molecular weight is 251 g/mol. The molecule has 0 saturated carbocycles. The molecule has 1 aromatic rings. The van der Waals surface area contributed by atoms with Gasteiger partial charge in [-0.05, 0) is 24.1 Å². The minimum Gasteiger partial charge on any atom is -0.228 e. The van der Waals surface area contributed by atoms with Crippen LogP contribution in [0.3, 0.4) is 0 Å². The van der Waals surface area contributed by atoms with Gasteiger partial charge in [-0.25, -0.2) is 8.42 Å². The quantitative estimate of drug-likeness (QED) is 0.730. The van der Waals surface area contributed by atoms with Crippen molar-refractivity contribution in [2.75, 3.05) is 5.75 Å². The Morgan fingerprint density at radius 2 is 1.82 bits per heavy atom. The Bertz CT molecular complexity index is 483. The molecule has 1 rings (SSSR count). The van der Waals surface area contributed by atoms with Crippen LogP contribution in [-0.4, -0.2) is 14.2 Å². The van der Waals surface area contributed by atoms with Crippen LogP contribution in [0.25, 0.3) is 0 Å². The van der Waals surface area contributed by atoms with E-state index in [1.807, 2.05) is 13.0 Å². The minimum absolute atomic E-state index is 0.0718. The summed E-state index contributed by atoms with van der Waals surface area (Å²) in [6.07, 6.45) is 2.70. The molecule has 0 aromatic heterocycles. The molecular formula is C13H17NO2S. The zero-order chi connectivity index (χ0) is 12.7. The van der Waals surface area contributed by atoms with E-state index in [1.165, 1.54) is 0 Å². The summed E-state index contributed by atoms with van der Waals surface area (Å²) in [5, 5.41) is 8.64. The highest BCUT2D eigenvalue weighted by atomic mass is 32.2. The first kappa shape index (κ1) is 13.7. The van der Waals surface area contributed by atoms with Crippen LogP contribution in [0.15, 0.2) is 24.3 Å². The van der Waals surface area contributed by atoms with E-state index < -0.39 is 9.84 Å². The molecule has 0 spiro atoms. The molecule has 0 aliphatic heterocycles. The average Bonchev–Trinajstić information content (AvgIpc) is 2.30. The Hall–Kier alpha value is -1.34. The predicted molar refractivity (Wildman–Crippen MR) is 68.2 cm³/mol. The summed E-state index contributed by atoms with van der Waals surface area (Å²) in [6, 6.07) is 8.72. The number of nitrogens with zero attached hydrogens (tertiary/aromatic N) is 1. The minimum atomic E-state index is -3.01. The maximum Gasteiger partial charge on any atom is 0.154 e. The number of sulfone groups is 1. The summed E-state index contributed by atoms with van der Waals surface area (Å²) in [5.74, 6) is 0.323. The number of nitriles is 1. The molecule has 1 aromatic carbocycles. The summed E-state index contributed by atoms with van der Waals surface area (Å²) in [5.41, 5.74) is 1.30. The molecule has 0 fully saturated rings. The van der Waals surface area contributed by atoms with Gasteiger partial charge in [0.1, 0.15) is 0 Å². The zero-order valence-electron chi connectivity index (χ0n) is 10.0. The molecule has 0 amide bonds. The van der Waals surface area contributed by atoms with Crippen molar-refractivity contribution in [1.82, 2.24) is 0 Å². The standard InChI is InChI=1S/C13H17NO2S/c1-2-3-4-9-17(15,16)11-13-7-5-12(10-14)6-8-13/h5-8H,2-4,9,11H2,1H3. The second-order valence-electron chi connectivity index (χ2n) is 4.11. The van der Waals surface area contributed by atoms with E-state index in [0.29, 0.717) is 5.56 Å². The van der Waals surface area contributed by atoms with E-state index >= 15 is 0 Å². The van der Waals surface area contributed by atoms with Gasteiger partial charge in [0.15, 0.2) is 9.84 Å². The first-order valence-corrected chi connectivity index (χ1v) is 7.59. The fourth-order valence-electron chi connectivity index (χ4n) is 1.57. The van der Waals surface area contributed by atoms with Gasteiger partial charge in [-0.3, -0.25) is 0 Å². The van der Waals surface area contributed by atoms with Gasteiger partial charge in [0.25, 0.3) is 0 Å². The van der Waals surface area contributed by atoms with Crippen LogP contribution in [-0.2, 0) is 15.6 Å². The fraction of sp³-hybridized carbons (Fsp3) is 0.462. The maximum atomic E-state index is 11.8. The molecule has 0 bridgehead atoms. The third-order valence-corrected chi connectivity index (χ3v) is 4.21. The lowest BCUT2D eigenvalue weighted by Gasteiger charge is -2.04. The van der Waals surface area contributed by atoms with Crippen LogP contribution < -0.4 is 0 Å². The lowest BCUT2D eigenvalue weighted by Crippen LogP contribution is -2.09. The molecule has 0 aliphatic rings. The van der Waals surface area contributed by atoms with Crippen molar-refractivity contribution >= 4 is 9.84 Å². The van der Waals surface area contributed by atoms with E-state index in [9.17, 15) is 8.42 Å². The summed E-state index contributed by atoms with van der Waals surface area (Å²) >= 11 is 0. The zero-order valence-corrected chi connectivity index (χ0v) is 10.8. The first-order valence-electron chi connectivity index (χ1n) is 5.77. The van der Waals surface area contributed by atoms with Crippen LogP contribution in [0.5, 0.6) is 0 Å². The molecular weight excluding hydrogens is 234 g/mol. The maximum absolute atomic E-state index is 11.8. The monoisotopic (exact) mass is 251 g/mol. The molecule has 0 atom stereocenters. The van der Waals surface area contributed by atoms with E-state index in [-0.39, 0.29) is 11.5 Å². The highest BCUT2D eigenvalue weighted by Gasteiger charge is 2.11. The van der Waals surface area contributed by atoms with Gasteiger partial charge in [0.2, 0.25) is 0 Å². The Morgan fingerprint density at radius 1 is 1.18 bits per heavy atom. The summed E-state index contributed by atoms with van der Waals surface area (Å²) in [4.78, 5) is 0. The highest BCUT2D eigenvalue weighted by Crippen LogP contribution is 2.10. The molecule has 4 heteroatoms. The third kappa shape index (κ3) is 5.01. The Labute approximate surface area is 103 Å². The highest BCUT2D eigenvalue weighted by molar-refractivity contribution is 7.90. The van der Waals surface area contributed by atoms with E-state index in [0.717, 1.165) is 24.8 Å². The van der Waals surface area contributed by atoms with Crippen molar-refractivity contribution in [2.24, 2.45) is 0 Å². The molecule has 0 N–H and O–H groups in total. The second kappa shape index (κ2) is 6.41. The SMILES string of the molecule is CCCCCS(=O)(=O)Cc1ccc(C#N)cc1. The lowest BCUT2D eigenvalue weighted by molar-refractivity contribution is 0.590. The van der Waals surface area contributed by atoms with Gasteiger partial charge in [0, 0.05) is 0 Å². The fourth-order valence-corrected chi connectivity index (χ4v) is 3.06. The number of rotatable bonds is 6. The molecule has 0 saturated heterocycles. The lowest BCUT2D eigenvalue weighted by atomic mass is 10.2. The van der Waals surface area contributed by atoms with Gasteiger partial charge in [0.05, 0.1) is 23.1 Å². The summed E-state index contributed by atoms with van der Waals surface area (Å²) < 4.78 is 23.5. The normalized spacial score (nSPS) is 11.1. The van der Waals surface area contributed by atoms with Gasteiger partial charge in [-0.2, -0.15) is 5.26 Å². The molecule has 17 heavy (non-hydrogen) atoms. The first-order chi connectivity index (χ1) is 8.07. The Morgan fingerprint density at radius 3 is 2.35 bits per heavy atom. The van der Waals surface area contributed by atoms with Crippen molar-refractivity contribution in [3.8, 4) is 6.07 Å². The van der Waals surface area contributed by atoms with Crippen molar-refractivity contribution in [2.45, 2.75) is 31.9 Å². The summed E-state index contributed by atoms with van der Waals surface area (Å²) in [6.45, 7) is 2.05. The van der Waals surface area contributed by atoms with E-state index in [2.05, 4.69) is 0 Å². The molecule has 0 unspecified atom stereocenters. The number of hydrogen-bond acceptors (Lipinski definition) is 3. The van der Waals surface area contributed by atoms with Crippen molar-refractivity contribution in [3.05, 3.63) is 35.4 Å². The topological polar surface area (TPSA) is 57.9 Å². The Kier molecular flexibility index (Phi) is 5.17. The largest absolute Gasteiger partial charge is 0.228 e. The predicted octanol–water partition coefficient (Wildman–Crippen LogP) is 2.66. The van der Waals surface area contributed by atoms with Gasteiger partial charge < -0.3 is 0 Å². The number of hydrogen-bond donors (Lipinski definition) is 0. The van der Waals surface area contributed by atoms with Crippen molar-refractivity contribution in [1.29, 1.82) is 5.26 Å². The smallest absolute Gasteiger partial charge is 0.154 e. The molecule has 3 nitrogen and oxygen atoms in total. The number of benzene rings is 1. The van der Waals surface area contributed by atoms with Gasteiger partial charge >= 0.3 is 0 Å². The van der Waals surface area contributed by atoms with E-state index in [1.54, 1.807) is 24.3 Å². The van der Waals surface area contributed by atoms with Gasteiger partial charge in [-0.15, -0.1) is 0 Å². The van der Waals surface area contributed by atoms with Crippen molar-refractivity contribution < 1.29 is 8.42 Å². The number of unbranched alkanes of at least 4 members (excludes halogenated alkanes) is 2. The van der Waals surface area contributed by atoms with Crippen LogP contribution in [0.4, 0.5) is 0 Å². The molecule has 92 valence electrons. The van der Waals surface area contributed by atoms with Crippen LogP contribution in [0, 0.1) is 11.3 Å². The molecule has 0 radical (unpaired) electrons. The molecule has 0 aliphatic carbocycles. The van der Waals surface area contributed by atoms with E-state index in [4.69, 9.17) is 5.26 Å². The second-order valence-corrected chi connectivity index (χ2v) is 6.29. The Balaban J connectivity index is 2.60. The van der Waals surface area contributed by atoms with Crippen LogP contribution >= 0.6 is 0 Å². The van der Waals surface area contributed by atoms with Crippen molar-refractivity contribution in [3.63, 3.8) is 0 Å². The van der Waals surface area contributed by atoms with Gasteiger partial charge in [-0.1, -0.05) is 31.9 Å². The third-order valence-electron chi connectivity index (χ3n) is 2.53. The van der Waals surface area contributed by atoms with Crippen LogP contribution in [0.1, 0.15) is 37.3 Å².